The Balaban J connectivity index is 4.35. The van der Waals surface area contributed by atoms with Crippen LogP contribution in [-0.4, -0.2) is 35.6 Å². The van der Waals surface area contributed by atoms with E-state index in [-0.39, 0.29) is 5.75 Å². The van der Waals surface area contributed by atoms with Gasteiger partial charge < -0.3 is 5.32 Å². The van der Waals surface area contributed by atoms with E-state index >= 15 is 0 Å². The standard InChI is InChI=1S/C8H12F5NOS/c1-3-16-4-5(2)14-6(15)7(9,10)8(11,12)13/h5H,3-4H2,1-2H3,(H,14,15). The summed E-state index contributed by atoms with van der Waals surface area (Å²) in [6.45, 7) is 3.18. The van der Waals surface area contributed by atoms with Gasteiger partial charge in [-0.05, 0) is 12.7 Å². The van der Waals surface area contributed by atoms with E-state index in [1.807, 2.05) is 6.92 Å². The van der Waals surface area contributed by atoms with Crippen LogP contribution < -0.4 is 5.32 Å². The summed E-state index contributed by atoms with van der Waals surface area (Å²) in [7, 11) is 0. The number of halogens is 5. The molecule has 0 aromatic carbocycles. The molecule has 0 fully saturated rings. The van der Waals surface area contributed by atoms with Crippen molar-refractivity contribution in [1.29, 1.82) is 0 Å². The Kier molecular flexibility index (Phi) is 5.51. The number of carbonyl (C=O) groups is 1. The van der Waals surface area contributed by atoms with Crippen LogP contribution in [0.5, 0.6) is 0 Å². The molecule has 1 unspecified atom stereocenters. The summed E-state index contributed by atoms with van der Waals surface area (Å²) in [5.74, 6) is -6.66. The third-order valence-corrected chi connectivity index (χ3v) is 2.73. The van der Waals surface area contributed by atoms with E-state index in [4.69, 9.17) is 0 Å². The van der Waals surface area contributed by atoms with Gasteiger partial charge in [-0.15, -0.1) is 0 Å². The van der Waals surface area contributed by atoms with Gasteiger partial charge in [0, 0.05) is 11.8 Å². The molecule has 0 heterocycles. The topological polar surface area (TPSA) is 29.1 Å². The van der Waals surface area contributed by atoms with Crippen molar-refractivity contribution in [2.75, 3.05) is 11.5 Å². The Hall–Kier alpha value is -0.530. The van der Waals surface area contributed by atoms with Gasteiger partial charge in [-0.25, -0.2) is 0 Å². The fourth-order valence-corrected chi connectivity index (χ4v) is 1.45. The van der Waals surface area contributed by atoms with Crippen molar-refractivity contribution in [2.45, 2.75) is 32.0 Å². The van der Waals surface area contributed by atoms with Crippen molar-refractivity contribution in [2.24, 2.45) is 0 Å². The van der Waals surface area contributed by atoms with Gasteiger partial charge in [0.15, 0.2) is 0 Å². The number of carbonyl (C=O) groups excluding carboxylic acids is 1. The first-order valence-corrected chi connectivity index (χ1v) is 5.61. The molecule has 0 aromatic rings. The van der Waals surface area contributed by atoms with Gasteiger partial charge in [-0.1, -0.05) is 6.92 Å². The van der Waals surface area contributed by atoms with Crippen LogP contribution in [0, 0.1) is 0 Å². The lowest BCUT2D eigenvalue weighted by molar-refractivity contribution is -0.269. The first-order valence-electron chi connectivity index (χ1n) is 4.46. The molecule has 0 aromatic heterocycles. The summed E-state index contributed by atoms with van der Waals surface area (Å²) in [6, 6.07) is -0.731. The molecule has 0 bridgehead atoms. The average Bonchev–Trinajstić information content (AvgIpc) is 2.12. The normalized spacial score (nSPS) is 14.7. The van der Waals surface area contributed by atoms with Crippen LogP contribution in [0.4, 0.5) is 22.0 Å². The number of thioether (sulfide) groups is 1. The molecular formula is C8H12F5NOS. The Morgan fingerprint density at radius 3 is 2.19 bits per heavy atom. The highest BCUT2D eigenvalue weighted by Crippen LogP contribution is 2.35. The van der Waals surface area contributed by atoms with Crippen LogP contribution in [-0.2, 0) is 4.79 Å². The SMILES string of the molecule is CCSCC(C)NC(=O)C(F)(F)C(F)(F)F. The van der Waals surface area contributed by atoms with E-state index < -0.39 is 24.0 Å². The monoisotopic (exact) mass is 265 g/mol. The minimum atomic E-state index is -5.85. The van der Waals surface area contributed by atoms with Crippen LogP contribution in [0.25, 0.3) is 0 Å². The number of hydrogen-bond acceptors (Lipinski definition) is 2. The number of rotatable bonds is 5. The van der Waals surface area contributed by atoms with Gasteiger partial charge in [-0.2, -0.15) is 33.7 Å². The highest BCUT2D eigenvalue weighted by Gasteiger charge is 2.63. The number of hydrogen-bond donors (Lipinski definition) is 1. The first kappa shape index (κ1) is 15.5. The zero-order valence-electron chi connectivity index (χ0n) is 8.70. The molecular weight excluding hydrogens is 253 g/mol. The third kappa shape index (κ3) is 4.15. The summed E-state index contributed by atoms with van der Waals surface area (Å²) in [6.07, 6.45) is -5.85. The molecule has 0 radical (unpaired) electrons. The molecule has 0 aliphatic heterocycles. The molecule has 0 aliphatic rings. The highest BCUT2D eigenvalue weighted by molar-refractivity contribution is 7.99. The molecule has 0 aliphatic carbocycles. The van der Waals surface area contributed by atoms with Gasteiger partial charge in [0.2, 0.25) is 0 Å². The minimum absolute atomic E-state index is 0.288. The summed E-state index contributed by atoms with van der Waals surface area (Å²) >= 11 is 1.34. The third-order valence-electron chi connectivity index (χ3n) is 1.59. The number of amides is 1. The second-order valence-corrected chi connectivity index (χ2v) is 4.43. The van der Waals surface area contributed by atoms with Gasteiger partial charge in [0.05, 0.1) is 0 Å². The molecule has 8 heteroatoms. The molecule has 2 nitrogen and oxygen atoms in total. The van der Waals surface area contributed by atoms with Gasteiger partial charge in [-0.3, -0.25) is 4.79 Å². The predicted octanol–water partition coefficient (Wildman–Crippen LogP) is 2.44. The lowest BCUT2D eigenvalue weighted by Crippen LogP contribution is -2.52. The Morgan fingerprint density at radius 2 is 1.81 bits per heavy atom. The van der Waals surface area contributed by atoms with Crippen LogP contribution in [0.15, 0.2) is 0 Å². The highest BCUT2D eigenvalue weighted by atomic mass is 32.2. The van der Waals surface area contributed by atoms with Crippen molar-refractivity contribution >= 4 is 17.7 Å². The van der Waals surface area contributed by atoms with Crippen molar-refractivity contribution in [3.8, 4) is 0 Å². The van der Waals surface area contributed by atoms with Crippen molar-refractivity contribution in [3.63, 3.8) is 0 Å². The number of alkyl halides is 5. The molecule has 1 N–H and O–H groups in total. The Bertz CT molecular complexity index is 243. The fourth-order valence-electron chi connectivity index (χ4n) is 0.779. The molecule has 0 rings (SSSR count). The zero-order valence-corrected chi connectivity index (χ0v) is 9.51. The molecule has 16 heavy (non-hydrogen) atoms. The molecule has 0 saturated carbocycles. The van der Waals surface area contributed by atoms with E-state index in [0.717, 1.165) is 0 Å². The first-order chi connectivity index (χ1) is 7.13. The van der Waals surface area contributed by atoms with Crippen LogP contribution in [0.2, 0.25) is 0 Å². The lowest BCUT2D eigenvalue weighted by Gasteiger charge is -2.21. The maximum Gasteiger partial charge on any atom is 0.463 e. The Morgan fingerprint density at radius 1 is 1.31 bits per heavy atom. The molecule has 96 valence electrons. The van der Waals surface area contributed by atoms with Crippen LogP contribution in [0.3, 0.4) is 0 Å². The quantitative estimate of drug-likeness (QED) is 0.774. The van der Waals surface area contributed by atoms with E-state index in [1.54, 1.807) is 5.32 Å². The van der Waals surface area contributed by atoms with E-state index in [0.29, 0.717) is 5.75 Å². The summed E-state index contributed by atoms with van der Waals surface area (Å²) in [4.78, 5) is 10.7. The second-order valence-electron chi connectivity index (χ2n) is 3.11. The van der Waals surface area contributed by atoms with E-state index in [2.05, 4.69) is 0 Å². The van der Waals surface area contributed by atoms with Crippen LogP contribution >= 0.6 is 11.8 Å². The van der Waals surface area contributed by atoms with E-state index in [1.165, 1.54) is 18.7 Å². The van der Waals surface area contributed by atoms with Crippen molar-refractivity contribution in [1.82, 2.24) is 5.32 Å². The fraction of sp³-hybridized carbons (Fsp3) is 0.875. The lowest BCUT2D eigenvalue weighted by atomic mass is 10.2. The molecule has 0 spiro atoms. The number of nitrogens with one attached hydrogen (secondary N) is 1. The minimum Gasteiger partial charge on any atom is -0.347 e. The largest absolute Gasteiger partial charge is 0.463 e. The average molecular weight is 265 g/mol. The summed E-state index contributed by atoms with van der Waals surface area (Å²) < 4.78 is 60.2. The smallest absolute Gasteiger partial charge is 0.347 e. The maximum absolute atomic E-state index is 12.5. The van der Waals surface area contributed by atoms with Gasteiger partial charge in [0.25, 0.3) is 0 Å². The van der Waals surface area contributed by atoms with E-state index in [9.17, 15) is 26.7 Å². The van der Waals surface area contributed by atoms with Crippen LogP contribution in [0.1, 0.15) is 13.8 Å². The predicted molar refractivity (Wildman–Crippen MR) is 51.6 cm³/mol. The molecule has 1 amide bonds. The summed E-state index contributed by atoms with van der Waals surface area (Å²) in [5, 5.41) is 1.63. The second kappa shape index (κ2) is 5.70. The zero-order chi connectivity index (χ0) is 13.0. The van der Waals surface area contributed by atoms with Gasteiger partial charge in [0.1, 0.15) is 0 Å². The van der Waals surface area contributed by atoms with Crippen molar-refractivity contribution < 1.29 is 26.7 Å². The van der Waals surface area contributed by atoms with Crippen molar-refractivity contribution in [3.05, 3.63) is 0 Å². The summed E-state index contributed by atoms with van der Waals surface area (Å²) in [5.41, 5.74) is 0. The molecule has 0 saturated heterocycles. The Labute approximate surface area is 94.0 Å². The maximum atomic E-state index is 12.5. The molecule has 1 atom stereocenters. The van der Waals surface area contributed by atoms with Gasteiger partial charge >= 0.3 is 18.0 Å².